The fourth-order valence-corrected chi connectivity index (χ4v) is 1.70. The zero-order valence-corrected chi connectivity index (χ0v) is 12.5. The lowest BCUT2D eigenvalue weighted by Crippen LogP contribution is -1.92. The van der Waals surface area contributed by atoms with Gasteiger partial charge in [0.2, 0.25) is 0 Å². The Bertz CT molecular complexity index is 719. The molecule has 0 atom stereocenters. The number of carbonyl (C=O) groups is 2. The average Bonchev–Trinajstić information content (AvgIpc) is 2.48. The fourth-order valence-electron chi connectivity index (χ4n) is 1.62. The summed E-state index contributed by atoms with van der Waals surface area (Å²) in [4.78, 5) is 20.4. The van der Waals surface area contributed by atoms with Gasteiger partial charge in [-0.05, 0) is 18.6 Å². The first-order chi connectivity index (χ1) is 10.5. The molecule has 0 radical (unpaired) electrons. The first-order valence-corrected chi connectivity index (χ1v) is 6.97. The zero-order valence-electron chi connectivity index (χ0n) is 11.7. The van der Waals surface area contributed by atoms with E-state index >= 15 is 0 Å². The molecule has 2 aromatic rings. The molecule has 2 aromatic carbocycles. The third-order valence-electron chi connectivity index (χ3n) is 2.63. The Morgan fingerprint density at radius 1 is 1.09 bits per heavy atom. The summed E-state index contributed by atoms with van der Waals surface area (Å²) in [6.45, 7) is 1.51. The van der Waals surface area contributed by atoms with Gasteiger partial charge in [-0.1, -0.05) is 42.5 Å². The number of carboxylic acid groups (broad SMARTS) is 1. The Labute approximate surface area is 130 Å². The molecule has 4 nitrogen and oxygen atoms in total. The van der Waals surface area contributed by atoms with Crippen LogP contribution in [0.4, 0.5) is 4.39 Å². The molecule has 0 aliphatic rings. The Morgan fingerprint density at radius 2 is 1.68 bits per heavy atom. The highest BCUT2D eigenvalue weighted by Gasteiger charge is 2.04. The second kappa shape index (κ2) is 8.63. The van der Waals surface area contributed by atoms with Crippen molar-refractivity contribution in [1.82, 2.24) is 0 Å². The van der Waals surface area contributed by atoms with Crippen molar-refractivity contribution in [2.75, 3.05) is 0 Å². The summed E-state index contributed by atoms with van der Waals surface area (Å²) in [7, 11) is 0. The molecule has 114 valence electrons. The first kappa shape index (κ1) is 17.5. The minimum Gasteiger partial charge on any atom is -0.477 e. The van der Waals surface area contributed by atoms with E-state index in [4.69, 9.17) is 5.11 Å². The predicted octanol–water partition coefficient (Wildman–Crippen LogP) is 2.78. The number of halogens is 1. The normalized spacial score (nSPS) is 9.18. The van der Waals surface area contributed by atoms with Crippen LogP contribution in [0.3, 0.4) is 0 Å². The van der Waals surface area contributed by atoms with Crippen LogP contribution in [0.15, 0.2) is 48.5 Å². The molecule has 0 bridgehead atoms. The Morgan fingerprint density at radius 3 is 2.09 bits per heavy atom. The summed E-state index contributed by atoms with van der Waals surface area (Å²) >= 11 is -0.0648. The zero-order chi connectivity index (χ0) is 16.5. The molecule has 0 unspecified atom stereocenters. The lowest BCUT2D eigenvalue weighted by molar-refractivity contribution is -0.128. The van der Waals surface area contributed by atoms with Crippen LogP contribution in [0.1, 0.15) is 17.3 Å². The van der Waals surface area contributed by atoms with Crippen molar-refractivity contribution in [2.45, 2.75) is 6.92 Å². The number of aliphatic carboxylic acids is 1. The van der Waals surface area contributed by atoms with Crippen molar-refractivity contribution in [3.63, 3.8) is 0 Å². The molecule has 6 heteroatoms. The number of hydrogen-bond donors (Lipinski definition) is 1. The number of carbonyl (C=O) groups excluding carboxylic acids is 1. The number of ketones is 1. The maximum Gasteiger partial charge on any atom is 0.341 e. The quantitative estimate of drug-likeness (QED) is 0.697. The van der Waals surface area contributed by atoms with E-state index in [1.165, 1.54) is 13.0 Å². The van der Waals surface area contributed by atoms with Gasteiger partial charge in [0.25, 0.3) is 0 Å². The Hall–Kier alpha value is -2.60. The average molecular weight is 320 g/mol. The molecule has 0 heterocycles. The molecule has 22 heavy (non-hydrogen) atoms. The van der Waals surface area contributed by atoms with Crippen molar-refractivity contribution in [1.29, 1.82) is 0 Å². The summed E-state index contributed by atoms with van der Waals surface area (Å²) < 4.78 is 22.7. The molecule has 0 amide bonds. The van der Waals surface area contributed by atoms with Gasteiger partial charge >= 0.3 is 5.97 Å². The maximum absolute atomic E-state index is 13.5. The van der Waals surface area contributed by atoms with Crippen LogP contribution in [0.2, 0.25) is 0 Å². The van der Waals surface area contributed by atoms with Crippen molar-refractivity contribution in [3.8, 4) is 11.1 Å². The molecular formula is C16H13FO4S. The van der Waals surface area contributed by atoms with Crippen LogP contribution in [-0.4, -0.2) is 26.4 Å². The van der Waals surface area contributed by atoms with E-state index in [2.05, 4.69) is 0 Å². The van der Waals surface area contributed by atoms with Crippen LogP contribution in [0.25, 0.3) is 11.1 Å². The van der Waals surface area contributed by atoms with Crippen molar-refractivity contribution in [2.24, 2.45) is 0 Å². The maximum atomic E-state index is 13.5. The van der Waals surface area contributed by atoms with Gasteiger partial charge in [-0.15, -0.1) is 0 Å². The number of carboxylic acids is 1. The van der Waals surface area contributed by atoms with Crippen molar-refractivity contribution < 1.29 is 23.3 Å². The van der Waals surface area contributed by atoms with Crippen LogP contribution in [-0.2, 0) is 16.1 Å². The molecular weight excluding hydrogens is 307 g/mol. The standard InChI is InChI=1S/C14H11FO.C2H2O3S/c1-10(16)11-6-8-12(9-7-11)13-4-2-3-5-14(13)15;3-2(4)1-6-5/h2-9H,1H3;1H,(H,3,4). The van der Waals surface area contributed by atoms with Gasteiger partial charge in [0.05, 0.1) is 11.3 Å². The molecule has 1 N–H and O–H groups in total. The van der Waals surface area contributed by atoms with Crippen LogP contribution in [0, 0.1) is 5.82 Å². The SMILES string of the molecule is CC(=O)c1ccc(-c2ccccc2F)cc1.O=S=CC(=O)O. The highest BCUT2D eigenvalue weighted by Crippen LogP contribution is 2.22. The van der Waals surface area contributed by atoms with Gasteiger partial charge in [-0.2, -0.15) is 0 Å². The topological polar surface area (TPSA) is 71.4 Å². The van der Waals surface area contributed by atoms with E-state index in [0.29, 0.717) is 16.5 Å². The second-order valence-corrected chi connectivity index (χ2v) is 4.59. The highest BCUT2D eigenvalue weighted by atomic mass is 32.1. The van der Waals surface area contributed by atoms with Gasteiger partial charge in [0, 0.05) is 11.1 Å². The minimum atomic E-state index is -1.19. The second-order valence-electron chi connectivity index (χ2n) is 4.17. The van der Waals surface area contributed by atoms with Crippen LogP contribution < -0.4 is 0 Å². The smallest absolute Gasteiger partial charge is 0.341 e. The van der Waals surface area contributed by atoms with E-state index in [9.17, 15) is 18.2 Å². The predicted molar refractivity (Wildman–Crippen MR) is 83.7 cm³/mol. The van der Waals surface area contributed by atoms with E-state index in [-0.39, 0.29) is 22.9 Å². The van der Waals surface area contributed by atoms with Crippen LogP contribution >= 0.6 is 0 Å². The molecule has 0 spiro atoms. The summed E-state index contributed by atoms with van der Waals surface area (Å²) in [5.74, 6) is -1.42. The van der Waals surface area contributed by atoms with Gasteiger partial charge < -0.3 is 5.11 Å². The third kappa shape index (κ3) is 5.41. The fraction of sp³-hybridized carbons (Fsp3) is 0.0625. The molecule has 0 saturated carbocycles. The number of rotatable bonds is 3. The van der Waals surface area contributed by atoms with E-state index in [0.717, 1.165) is 5.56 Å². The summed E-state index contributed by atoms with van der Waals surface area (Å²) in [5.41, 5.74) is 1.97. The molecule has 0 aliphatic carbocycles. The molecule has 0 saturated heterocycles. The summed E-state index contributed by atoms with van der Waals surface area (Å²) in [5, 5.41) is 8.21. The van der Waals surface area contributed by atoms with E-state index in [1.54, 1.807) is 42.5 Å². The molecule has 2 rings (SSSR count). The number of benzene rings is 2. The largest absolute Gasteiger partial charge is 0.477 e. The van der Waals surface area contributed by atoms with Crippen molar-refractivity contribution >= 4 is 28.4 Å². The lowest BCUT2D eigenvalue weighted by Gasteiger charge is -2.03. The molecule has 0 aliphatic heterocycles. The number of hydrogen-bond acceptors (Lipinski definition) is 3. The first-order valence-electron chi connectivity index (χ1n) is 6.16. The van der Waals surface area contributed by atoms with Gasteiger partial charge in [0.1, 0.15) is 11.2 Å². The monoisotopic (exact) mass is 320 g/mol. The van der Waals surface area contributed by atoms with E-state index < -0.39 is 5.97 Å². The van der Waals surface area contributed by atoms with Gasteiger partial charge in [0.15, 0.2) is 5.78 Å². The highest BCUT2D eigenvalue weighted by molar-refractivity contribution is 7.66. The molecule has 0 aromatic heterocycles. The van der Waals surface area contributed by atoms with Gasteiger partial charge in [-0.3, -0.25) is 4.79 Å². The Balaban J connectivity index is 0.000000346. The summed E-state index contributed by atoms with van der Waals surface area (Å²) in [6, 6.07) is 13.5. The van der Waals surface area contributed by atoms with Gasteiger partial charge in [-0.25, -0.2) is 13.4 Å². The minimum absolute atomic E-state index is 0.0140. The third-order valence-corrected chi connectivity index (χ3v) is 2.92. The van der Waals surface area contributed by atoms with Crippen molar-refractivity contribution in [3.05, 3.63) is 59.9 Å². The van der Waals surface area contributed by atoms with E-state index in [1.807, 2.05) is 0 Å². The summed E-state index contributed by atoms with van der Waals surface area (Å²) in [6.07, 6.45) is 0. The molecule has 0 fully saturated rings. The lowest BCUT2D eigenvalue weighted by atomic mass is 10.0. The number of Topliss-reactive ketones (excluding diaryl/α,β-unsaturated/α-hetero) is 1. The van der Waals surface area contributed by atoms with Crippen LogP contribution in [0.5, 0.6) is 0 Å². The Kier molecular flexibility index (Phi) is 6.85.